The van der Waals surface area contributed by atoms with Crippen LogP contribution < -0.4 is 0 Å². The van der Waals surface area contributed by atoms with Gasteiger partial charge in [0.25, 0.3) is 0 Å². The Morgan fingerprint density at radius 1 is 1.33 bits per heavy atom. The number of aromatic carboxylic acids is 1. The highest BCUT2D eigenvalue weighted by molar-refractivity contribution is 5.90. The van der Waals surface area contributed by atoms with Gasteiger partial charge in [0.2, 0.25) is 0 Å². The van der Waals surface area contributed by atoms with Gasteiger partial charge in [0.05, 0.1) is 5.56 Å². The molecule has 3 N–H and O–H groups in total. The fourth-order valence-corrected chi connectivity index (χ4v) is 1.45. The second kappa shape index (κ2) is 4.68. The van der Waals surface area contributed by atoms with Crippen LogP contribution in [-0.2, 0) is 6.42 Å². The van der Waals surface area contributed by atoms with Crippen molar-refractivity contribution >= 4 is 5.97 Å². The second-order valence-corrected chi connectivity index (χ2v) is 3.40. The van der Waals surface area contributed by atoms with Crippen LogP contribution in [0.3, 0.4) is 0 Å². The first-order chi connectivity index (χ1) is 7.06. The summed E-state index contributed by atoms with van der Waals surface area (Å²) in [7, 11) is 0. The normalized spacial score (nSPS) is 10.2. The lowest BCUT2D eigenvalue weighted by Crippen LogP contribution is -2.02. The molecule has 1 aromatic rings. The molecule has 0 bridgehead atoms. The Labute approximate surface area is 87.8 Å². The van der Waals surface area contributed by atoms with Gasteiger partial charge in [-0.2, -0.15) is 0 Å². The third kappa shape index (κ3) is 2.62. The van der Waals surface area contributed by atoms with Crippen molar-refractivity contribution < 1.29 is 20.1 Å². The van der Waals surface area contributed by atoms with Crippen LogP contribution in [-0.4, -0.2) is 21.3 Å². The highest BCUT2D eigenvalue weighted by atomic mass is 16.4. The van der Waals surface area contributed by atoms with Crippen LogP contribution in [0.1, 0.15) is 35.7 Å². The Morgan fingerprint density at radius 2 is 2.00 bits per heavy atom. The summed E-state index contributed by atoms with van der Waals surface area (Å²) in [6.07, 6.45) is 2.22. The molecule has 0 aromatic heterocycles. The first-order valence-electron chi connectivity index (χ1n) is 4.84. The lowest BCUT2D eigenvalue weighted by atomic mass is 10.0. The zero-order chi connectivity index (χ0) is 11.4. The van der Waals surface area contributed by atoms with Gasteiger partial charge in [0.1, 0.15) is 11.5 Å². The molecule has 15 heavy (non-hydrogen) atoms. The van der Waals surface area contributed by atoms with E-state index in [-0.39, 0.29) is 17.1 Å². The van der Waals surface area contributed by atoms with E-state index in [1.165, 1.54) is 0 Å². The van der Waals surface area contributed by atoms with Crippen LogP contribution in [0.25, 0.3) is 0 Å². The van der Waals surface area contributed by atoms with E-state index in [9.17, 15) is 9.90 Å². The number of unbranched alkanes of at least 4 members (excludes halogenated alkanes) is 1. The van der Waals surface area contributed by atoms with E-state index in [1.54, 1.807) is 0 Å². The highest BCUT2D eigenvalue weighted by Gasteiger charge is 2.15. The fraction of sp³-hybridized carbons (Fsp3) is 0.364. The molecule has 0 aliphatic heterocycles. The molecule has 4 nitrogen and oxygen atoms in total. The Morgan fingerprint density at radius 3 is 2.53 bits per heavy atom. The van der Waals surface area contributed by atoms with Gasteiger partial charge in [0.15, 0.2) is 0 Å². The molecule has 0 fully saturated rings. The molecule has 0 spiro atoms. The molecular weight excluding hydrogens is 196 g/mol. The molecule has 0 atom stereocenters. The van der Waals surface area contributed by atoms with E-state index in [0.29, 0.717) is 12.0 Å². The molecule has 0 amide bonds. The van der Waals surface area contributed by atoms with Crippen LogP contribution in [0.4, 0.5) is 0 Å². The van der Waals surface area contributed by atoms with E-state index < -0.39 is 5.97 Å². The first-order valence-corrected chi connectivity index (χ1v) is 4.84. The molecule has 1 aromatic carbocycles. The van der Waals surface area contributed by atoms with Gasteiger partial charge >= 0.3 is 5.97 Å². The number of carboxylic acid groups (broad SMARTS) is 1. The van der Waals surface area contributed by atoms with Crippen LogP contribution in [0, 0.1) is 0 Å². The van der Waals surface area contributed by atoms with Crippen molar-refractivity contribution in [1.29, 1.82) is 0 Å². The number of hydrogen-bond acceptors (Lipinski definition) is 3. The Hall–Kier alpha value is -1.71. The van der Waals surface area contributed by atoms with Gasteiger partial charge in [-0.25, -0.2) is 4.79 Å². The van der Waals surface area contributed by atoms with E-state index >= 15 is 0 Å². The van der Waals surface area contributed by atoms with Crippen LogP contribution in [0.15, 0.2) is 12.1 Å². The third-order valence-electron chi connectivity index (χ3n) is 2.22. The zero-order valence-corrected chi connectivity index (χ0v) is 8.53. The van der Waals surface area contributed by atoms with Gasteiger partial charge in [0, 0.05) is 11.6 Å². The lowest BCUT2D eigenvalue weighted by Gasteiger charge is -2.08. The van der Waals surface area contributed by atoms with Crippen LogP contribution in [0.2, 0.25) is 0 Å². The van der Waals surface area contributed by atoms with Crippen molar-refractivity contribution in [1.82, 2.24) is 0 Å². The molecular formula is C11H14O4. The molecule has 82 valence electrons. The van der Waals surface area contributed by atoms with Gasteiger partial charge in [-0.3, -0.25) is 0 Å². The quantitative estimate of drug-likeness (QED) is 0.711. The summed E-state index contributed by atoms with van der Waals surface area (Å²) in [4.78, 5) is 10.9. The second-order valence-electron chi connectivity index (χ2n) is 3.40. The smallest absolute Gasteiger partial charge is 0.336 e. The van der Waals surface area contributed by atoms with Gasteiger partial charge < -0.3 is 15.3 Å². The van der Waals surface area contributed by atoms with Crippen molar-refractivity contribution in [3.05, 3.63) is 23.3 Å². The van der Waals surface area contributed by atoms with E-state index in [2.05, 4.69) is 0 Å². The zero-order valence-electron chi connectivity index (χ0n) is 8.53. The average molecular weight is 210 g/mol. The van der Waals surface area contributed by atoms with E-state index in [0.717, 1.165) is 25.0 Å². The molecule has 0 heterocycles. The van der Waals surface area contributed by atoms with Gasteiger partial charge in [-0.1, -0.05) is 13.3 Å². The summed E-state index contributed by atoms with van der Waals surface area (Å²) >= 11 is 0. The lowest BCUT2D eigenvalue weighted by molar-refractivity contribution is 0.0694. The van der Waals surface area contributed by atoms with Crippen molar-refractivity contribution in [3.63, 3.8) is 0 Å². The number of rotatable bonds is 4. The van der Waals surface area contributed by atoms with Crippen molar-refractivity contribution in [2.24, 2.45) is 0 Å². The van der Waals surface area contributed by atoms with E-state index in [4.69, 9.17) is 10.2 Å². The largest absolute Gasteiger partial charge is 0.508 e. The number of benzene rings is 1. The summed E-state index contributed by atoms with van der Waals surface area (Å²) in [6.45, 7) is 1.98. The molecule has 0 saturated heterocycles. The van der Waals surface area contributed by atoms with Crippen molar-refractivity contribution in [2.75, 3.05) is 0 Å². The summed E-state index contributed by atoms with van der Waals surface area (Å²) in [6, 6.07) is 2.32. The van der Waals surface area contributed by atoms with Crippen molar-refractivity contribution in [3.8, 4) is 11.5 Å². The highest BCUT2D eigenvalue weighted by Crippen LogP contribution is 2.28. The minimum Gasteiger partial charge on any atom is -0.508 e. The maximum absolute atomic E-state index is 10.9. The Balaban J connectivity index is 3.15. The fourth-order valence-electron chi connectivity index (χ4n) is 1.45. The van der Waals surface area contributed by atoms with Gasteiger partial charge in [-0.15, -0.1) is 0 Å². The SMILES string of the molecule is CCCCc1c(O)cc(O)cc1C(=O)O. The van der Waals surface area contributed by atoms with E-state index in [1.807, 2.05) is 6.92 Å². The molecule has 4 heteroatoms. The van der Waals surface area contributed by atoms with Crippen LogP contribution in [0.5, 0.6) is 11.5 Å². The molecule has 0 unspecified atom stereocenters. The Bertz CT molecular complexity index is 371. The minimum atomic E-state index is -1.13. The molecule has 0 radical (unpaired) electrons. The number of phenols is 2. The molecule has 0 saturated carbocycles. The minimum absolute atomic E-state index is 0.0269. The maximum Gasteiger partial charge on any atom is 0.336 e. The van der Waals surface area contributed by atoms with Crippen LogP contribution >= 0.6 is 0 Å². The summed E-state index contributed by atoms with van der Waals surface area (Å²) < 4.78 is 0. The molecule has 0 aliphatic carbocycles. The number of aromatic hydroxyl groups is 2. The number of carboxylic acids is 1. The molecule has 0 aliphatic rings. The first kappa shape index (κ1) is 11.4. The Kier molecular flexibility index (Phi) is 3.55. The number of hydrogen-bond donors (Lipinski definition) is 3. The predicted molar refractivity (Wildman–Crippen MR) is 55.3 cm³/mol. The standard InChI is InChI=1S/C11H14O4/c1-2-3-4-8-9(11(14)15)5-7(12)6-10(8)13/h5-6,12-13H,2-4H2,1H3,(H,14,15). The number of phenolic OH excluding ortho intramolecular Hbond substituents is 2. The van der Waals surface area contributed by atoms with Gasteiger partial charge in [-0.05, 0) is 18.9 Å². The third-order valence-corrected chi connectivity index (χ3v) is 2.22. The predicted octanol–water partition coefficient (Wildman–Crippen LogP) is 2.14. The topological polar surface area (TPSA) is 77.8 Å². The number of carbonyl (C=O) groups is 1. The maximum atomic E-state index is 10.9. The van der Waals surface area contributed by atoms with Crippen molar-refractivity contribution in [2.45, 2.75) is 26.2 Å². The monoisotopic (exact) mass is 210 g/mol. The average Bonchev–Trinajstić information content (AvgIpc) is 2.15. The summed E-state index contributed by atoms with van der Waals surface area (Å²) in [5, 5.41) is 27.6. The summed E-state index contributed by atoms with van der Waals surface area (Å²) in [5.74, 6) is -1.52. The summed E-state index contributed by atoms with van der Waals surface area (Å²) in [5.41, 5.74) is 0.364. The molecule has 1 rings (SSSR count).